The zero-order chi connectivity index (χ0) is 10.4. The maximum atomic E-state index is 4.98. The molecule has 0 radical (unpaired) electrons. The largest absolute Gasteiger partial charge is 0.361 e. The van der Waals surface area contributed by atoms with E-state index in [1.54, 1.807) is 0 Å². The van der Waals surface area contributed by atoms with E-state index < -0.39 is 0 Å². The Bertz CT molecular complexity index is 254. The van der Waals surface area contributed by atoms with Gasteiger partial charge >= 0.3 is 0 Å². The molecule has 0 aliphatic heterocycles. The zero-order valence-electron chi connectivity index (χ0n) is 9.34. The quantitative estimate of drug-likeness (QED) is 0.759. The molecule has 0 aliphatic carbocycles. The molecule has 0 saturated heterocycles. The van der Waals surface area contributed by atoms with E-state index >= 15 is 0 Å². The molecule has 0 spiro atoms. The average Bonchev–Trinajstić information content (AvgIpc) is 2.59. The van der Waals surface area contributed by atoms with Crippen LogP contribution in [-0.2, 0) is 6.54 Å². The van der Waals surface area contributed by atoms with Gasteiger partial charge in [-0.25, -0.2) is 0 Å². The summed E-state index contributed by atoms with van der Waals surface area (Å²) in [5.41, 5.74) is 0.994. The fourth-order valence-corrected chi connectivity index (χ4v) is 1.48. The fraction of sp³-hybridized carbons (Fsp3) is 0.727. The van der Waals surface area contributed by atoms with E-state index in [1.165, 1.54) is 12.8 Å². The summed E-state index contributed by atoms with van der Waals surface area (Å²) in [6, 6.07) is 1.97. The van der Waals surface area contributed by atoms with Gasteiger partial charge < -0.3 is 9.84 Å². The highest BCUT2D eigenvalue weighted by Gasteiger charge is 2.03. The Morgan fingerprint density at radius 3 is 2.64 bits per heavy atom. The molecular weight excluding hydrogens is 176 g/mol. The molecule has 1 aromatic rings. The van der Waals surface area contributed by atoms with Gasteiger partial charge in [-0.1, -0.05) is 31.8 Å². The van der Waals surface area contributed by atoms with E-state index in [0.29, 0.717) is 0 Å². The molecule has 0 unspecified atom stereocenters. The van der Waals surface area contributed by atoms with Crippen molar-refractivity contribution in [2.24, 2.45) is 5.92 Å². The highest BCUT2D eigenvalue weighted by Crippen LogP contribution is 2.06. The summed E-state index contributed by atoms with van der Waals surface area (Å²) in [6.07, 6.45) is 2.47. The van der Waals surface area contributed by atoms with Crippen LogP contribution < -0.4 is 5.32 Å². The van der Waals surface area contributed by atoms with Gasteiger partial charge in [-0.05, 0) is 19.4 Å². The van der Waals surface area contributed by atoms with E-state index in [-0.39, 0.29) is 0 Å². The second-order valence-corrected chi connectivity index (χ2v) is 3.74. The van der Waals surface area contributed by atoms with Crippen LogP contribution in [0.5, 0.6) is 0 Å². The molecular formula is C11H20N2O. The van der Waals surface area contributed by atoms with Crippen LogP contribution in [0, 0.1) is 12.8 Å². The molecule has 1 heterocycles. The SMILES string of the molecule is CCC(CC)CNCc1cc(C)on1. The lowest BCUT2D eigenvalue weighted by Gasteiger charge is -2.11. The lowest BCUT2D eigenvalue weighted by molar-refractivity contribution is 0.384. The molecule has 1 rings (SSSR count). The summed E-state index contributed by atoms with van der Waals surface area (Å²) in [5.74, 6) is 1.66. The second kappa shape index (κ2) is 5.81. The van der Waals surface area contributed by atoms with Crippen molar-refractivity contribution in [1.29, 1.82) is 0 Å². The average molecular weight is 196 g/mol. The van der Waals surface area contributed by atoms with Crippen LogP contribution in [0.3, 0.4) is 0 Å². The first-order chi connectivity index (χ1) is 6.76. The zero-order valence-corrected chi connectivity index (χ0v) is 9.34. The Hall–Kier alpha value is -0.830. The molecule has 0 bridgehead atoms. The summed E-state index contributed by atoms with van der Waals surface area (Å²) in [5, 5.41) is 7.32. The van der Waals surface area contributed by atoms with Crippen LogP contribution in [0.4, 0.5) is 0 Å². The van der Waals surface area contributed by atoms with Crippen molar-refractivity contribution in [3.63, 3.8) is 0 Å². The van der Waals surface area contributed by atoms with Crippen molar-refractivity contribution < 1.29 is 4.52 Å². The Labute approximate surface area is 85.9 Å². The van der Waals surface area contributed by atoms with E-state index in [4.69, 9.17) is 4.52 Å². The molecule has 0 fully saturated rings. The number of nitrogens with zero attached hydrogens (tertiary/aromatic N) is 1. The van der Waals surface area contributed by atoms with Crippen molar-refractivity contribution in [1.82, 2.24) is 10.5 Å². The number of hydrogen-bond donors (Lipinski definition) is 1. The summed E-state index contributed by atoms with van der Waals surface area (Å²) in [4.78, 5) is 0. The Morgan fingerprint density at radius 2 is 2.14 bits per heavy atom. The second-order valence-electron chi connectivity index (χ2n) is 3.74. The smallest absolute Gasteiger partial charge is 0.133 e. The third-order valence-electron chi connectivity index (χ3n) is 2.57. The minimum absolute atomic E-state index is 0.781. The number of aromatic nitrogens is 1. The Morgan fingerprint density at radius 1 is 1.43 bits per heavy atom. The predicted octanol–water partition coefficient (Wildman–Crippen LogP) is 2.51. The Balaban J connectivity index is 2.21. The van der Waals surface area contributed by atoms with Crippen molar-refractivity contribution in [3.8, 4) is 0 Å². The maximum absolute atomic E-state index is 4.98. The summed E-state index contributed by atoms with van der Waals surface area (Å²) >= 11 is 0. The normalized spacial score (nSPS) is 11.1. The van der Waals surface area contributed by atoms with Crippen LogP contribution in [0.15, 0.2) is 10.6 Å². The molecule has 14 heavy (non-hydrogen) atoms. The van der Waals surface area contributed by atoms with Crippen molar-refractivity contribution >= 4 is 0 Å². The first-order valence-electron chi connectivity index (χ1n) is 5.39. The van der Waals surface area contributed by atoms with Crippen molar-refractivity contribution in [2.45, 2.75) is 40.2 Å². The van der Waals surface area contributed by atoms with Gasteiger partial charge in [0.15, 0.2) is 0 Å². The number of rotatable bonds is 6. The topological polar surface area (TPSA) is 38.1 Å². The van der Waals surface area contributed by atoms with Gasteiger partial charge in [-0.2, -0.15) is 0 Å². The minimum Gasteiger partial charge on any atom is -0.361 e. The highest BCUT2D eigenvalue weighted by atomic mass is 16.5. The van der Waals surface area contributed by atoms with Gasteiger partial charge in [0.25, 0.3) is 0 Å². The van der Waals surface area contributed by atoms with Gasteiger partial charge in [0, 0.05) is 12.6 Å². The number of nitrogens with one attached hydrogen (secondary N) is 1. The summed E-state index contributed by atoms with van der Waals surface area (Å²) in [7, 11) is 0. The van der Waals surface area contributed by atoms with Crippen LogP contribution in [0.1, 0.15) is 38.1 Å². The minimum atomic E-state index is 0.781. The van der Waals surface area contributed by atoms with E-state index in [2.05, 4.69) is 24.3 Å². The predicted molar refractivity (Wildman–Crippen MR) is 57.0 cm³/mol. The maximum Gasteiger partial charge on any atom is 0.133 e. The van der Waals surface area contributed by atoms with Gasteiger partial charge in [0.05, 0.1) is 5.69 Å². The van der Waals surface area contributed by atoms with Gasteiger partial charge in [-0.3, -0.25) is 0 Å². The Kier molecular flexibility index (Phi) is 4.66. The molecule has 3 nitrogen and oxygen atoms in total. The molecule has 0 aliphatic rings. The molecule has 0 saturated carbocycles. The van der Waals surface area contributed by atoms with Gasteiger partial charge in [0.1, 0.15) is 5.76 Å². The van der Waals surface area contributed by atoms with E-state index in [1.807, 2.05) is 13.0 Å². The third-order valence-corrected chi connectivity index (χ3v) is 2.57. The lowest BCUT2D eigenvalue weighted by atomic mass is 10.0. The van der Waals surface area contributed by atoms with Gasteiger partial charge in [0.2, 0.25) is 0 Å². The fourth-order valence-electron chi connectivity index (χ4n) is 1.48. The third kappa shape index (κ3) is 3.50. The van der Waals surface area contributed by atoms with Crippen LogP contribution in [0.25, 0.3) is 0 Å². The first kappa shape index (κ1) is 11.2. The standard InChI is InChI=1S/C11H20N2O/c1-4-10(5-2)7-12-8-11-6-9(3)14-13-11/h6,10,12H,4-5,7-8H2,1-3H3. The molecule has 3 heteroatoms. The van der Waals surface area contributed by atoms with Crippen LogP contribution in [-0.4, -0.2) is 11.7 Å². The van der Waals surface area contributed by atoms with Crippen LogP contribution in [0.2, 0.25) is 0 Å². The van der Waals surface area contributed by atoms with Crippen molar-refractivity contribution in [2.75, 3.05) is 6.54 Å². The van der Waals surface area contributed by atoms with E-state index in [9.17, 15) is 0 Å². The molecule has 80 valence electrons. The molecule has 1 N–H and O–H groups in total. The molecule has 1 aromatic heterocycles. The lowest BCUT2D eigenvalue weighted by Crippen LogP contribution is -2.21. The number of aryl methyl sites for hydroxylation is 1. The van der Waals surface area contributed by atoms with Crippen molar-refractivity contribution in [3.05, 3.63) is 17.5 Å². The van der Waals surface area contributed by atoms with E-state index in [0.717, 1.165) is 30.5 Å². The monoisotopic (exact) mass is 196 g/mol. The van der Waals surface area contributed by atoms with Crippen LogP contribution >= 0.6 is 0 Å². The summed E-state index contributed by atoms with van der Waals surface area (Å²) < 4.78 is 4.98. The molecule has 0 aromatic carbocycles. The summed E-state index contributed by atoms with van der Waals surface area (Å²) in [6.45, 7) is 8.26. The highest BCUT2D eigenvalue weighted by molar-refractivity contribution is 5.02. The van der Waals surface area contributed by atoms with Gasteiger partial charge in [-0.15, -0.1) is 0 Å². The molecule has 0 amide bonds. The number of hydrogen-bond acceptors (Lipinski definition) is 3. The molecule has 0 atom stereocenters. The first-order valence-corrected chi connectivity index (χ1v) is 5.39.